The van der Waals surface area contributed by atoms with Crippen molar-refractivity contribution in [2.24, 2.45) is 4.99 Å². The van der Waals surface area contributed by atoms with Crippen LogP contribution in [0.2, 0.25) is 0 Å². The minimum absolute atomic E-state index is 0.179. The maximum Gasteiger partial charge on any atom is 0.411 e. The fourth-order valence-corrected chi connectivity index (χ4v) is 9.88. The average Bonchev–Trinajstić information content (AvgIpc) is 4.19. The van der Waals surface area contributed by atoms with Gasteiger partial charge in [0, 0.05) is 29.1 Å². The fraction of sp³-hybridized carbons (Fsp3) is 0.239. The summed E-state index contributed by atoms with van der Waals surface area (Å²) in [4.78, 5) is 28.7. The van der Waals surface area contributed by atoms with Gasteiger partial charge in [-0.05, 0) is 124 Å². The number of alkyl carbamates (subject to hydrolysis) is 1. The van der Waals surface area contributed by atoms with Crippen LogP contribution in [-0.2, 0) is 14.5 Å². The molecular weight excluding hydrogens is 1090 g/mol. The van der Waals surface area contributed by atoms with Crippen molar-refractivity contribution < 1.29 is 33.2 Å². The SMILES string of the molecule is C=C(C)NC(=O)OCCSc1n[nH]c(=S)s1.C=C(C)NC(OOCC)c1n[nH]c(=S)o1.C=CCSc1n[nH]c(=S)s1.C=Cc1ccccc1.CCOc1ccc(C=Nc2ccc3[nH]c(=S)sc3c2)cc1OC. The van der Waals surface area contributed by atoms with Gasteiger partial charge in [-0.3, -0.25) is 20.5 Å². The summed E-state index contributed by atoms with van der Waals surface area (Å²) >= 11 is 27.2. The Hall–Kier alpha value is -5.39. The highest BCUT2D eigenvalue weighted by molar-refractivity contribution is 8.01. The van der Waals surface area contributed by atoms with Crippen molar-refractivity contribution in [3.05, 3.63) is 144 Å². The van der Waals surface area contributed by atoms with Crippen molar-refractivity contribution in [3.63, 3.8) is 0 Å². The van der Waals surface area contributed by atoms with E-state index in [-0.39, 0.29) is 10.7 Å². The van der Waals surface area contributed by atoms with Crippen LogP contribution in [0, 0.1) is 16.7 Å². The maximum atomic E-state index is 11.0. The molecule has 384 valence electrons. The van der Waals surface area contributed by atoms with Gasteiger partial charge in [-0.2, -0.15) is 10.2 Å². The number of benzene rings is 3. The molecule has 0 saturated carbocycles. The van der Waals surface area contributed by atoms with Crippen molar-refractivity contribution in [3.8, 4) is 11.5 Å². The van der Waals surface area contributed by atoms with Gasteiger partial charge in [-0.25, -0.2) is 19.7 Å². The van der Waals surface area contributed by atoms with Crippen molar-refractivity contribution in [2.75, 3.05) is 38.4 Å². The molecule has 7 aromatic rings. The molecular formula is C46H54N10O7S9. The molecule has 26 heteroatoms. The van der Waals surface area contributed by atoms with Gasteiger partial charge in [0.05, 0.1) is 36.2 Å². The van der Waals surface area contributed by atoms with Crippen LogP contribution >= 0.6 is 106 Å². The molecule has 7 rings (SSSR count). The highest BCUT2D eigenvalue weighted by Gasteiger charge is 2.18. The molecule has 0 fully saturated rings. The first-order valence-corrected chi connectivity index (χ1v) is 27.2. The van der Waals surface area contributed by atoms with Crippen molar-refractivity contribution in [1.29, 1.82) is 0 Å². The Kier molecular flexibility index (Phi) is 29.5. The van der Waals surface area contributed by atoms with Crippen LogP contribution in [0.25, 0.3) is 16.3 Å². The lowest BCUT2D eigenvalue weighted by atomic mass is 10.2. The number of H-pyrrole nitrogens is 4. The lowest BCUT2D eigenvalue weighted by Gasteiger charge is -2.14. The van der Waals surface area contributed by atoms with Gasteiger partial charge in [0.2, 0.25) is 6.23 Å². The Morgan fingerprint density at radius 1 is 0.847 bits per heavy atom. The lowest BCUT2D eigenvalue weighted by molar-refractivity contribution is -0.333. The van der Waals surface area contributed by atoms with Crippen molar-refractivity contribution >= 4 is 141 Å². The Morgan fingerprint density at radius 2 is 1.56 bits per heavy atom. The number of aromatic nitrogens is 7. The van der Waals surface area contributed by atoms with E-state index in [2.05, 4.69) is 77.5 Å². The summed E-state index contributed by atoms with van der Waals surface area (Å²) in [5.74, 6) is 3.22. The number of amides is 1. The van der Waals surface area contributed by atoms with Crippen LogP contribution in [0.1, 0.15) is 50.9 Å². The number of fused-ring (bicyclic) bond motifs is 1. The van der Waals surface area contributed by atoms with E-state index < -0.39 is 12.3 Å². The predicted molar refractivity (Wildman–Crippen MR) is 306 cm³/mol. The molecule has 3 aromatic carbocycles. The number of aliphatic imine (C=N–C) groups is 1. The van der Waals surface area contributed by atoms with Gasteiger partial charge in [0.1, 0.15) is 6.61 Å². The lowest BCUT2D eigenvalue weighted by Crippen LogP contribution is -2.22. The Labute approximate surface area is 458 Å². The quantitative estimate of drug-likeness (QED) is 0.00612. The van der Waals surface area contributed by atoms with Gasteiger partial charge in [-0.15, -0.1) is 23.0 Å². The molecule has 4 heterocycles. The molecule has 0 aliphatic heterocycles. The molecule has 72 heavy (non-hydrogen) atoms. The third kappa shape index (κ3) is 24.8. The number of carbonyl (C=O) groups excluding carboxylic acids is 1. The maximum absolute atomic E-state index is 11.0. The summed E-state index contributed by atoms with van der Waals surface area (Å²) in [6.45, 7) is 23.0. The third-order valence-corrected chi connectivity index (χ3v) is 13.4. The number of ether oxygens (including phenoxy) is 3. The molecule has 6 N–H and O–H groups in total. The molecule has 1 atom stereocenters. The first-order valence-electron chi connectivity index (χ1n) is 21.1. The Balaban J connectivity index is 0.000000249. The van der Waals surface area contributed by atoms with Crippen LogP contribution < -0.4 is 20.1 Å². The smallest absolute Gasteiger partial charge is 0.411 e. The highest BCUT2D eigenvalue weighted by atomic mass is 32.2. The normalized spacial score (nSPS) is 10.6. The van der Waals surface area contributed by atoms with E-state index in [4.69, 9.17) is 77.3 Å². The number of nitrogens with one attached hydrogen (secondary N) is 6. The second-order valence-electron chi connectivity index (χ2n) is 13.4. The van der Waals surface area contributed by atoms with E-state index in [1.807, 2.05) is 92.0 Å². The first-order chi connectivity index (χ1) is 34.7. The van der Waals surface area contributed by atoms with E-state index >= 15 is 0 Å². The fourth-order valence-electron chi connectivity index (χ4n) is 4.79. The number of carbonyl (C=O) groups is 1. The predicted octanol–water partition coefficient (Wildman–Crippen LogP) is 14.3. The molecule has 0 radical (unpaired) electrons. The second kappa shape index (κ2) is 34.9. The van der Waals surface area contributed by atoms with E-state index in [9.17, 15) is 4.79 Å². The number of rotatable bonds is 20. The largest absolute Gasteiger partial charge is 0.493 e. The topological polar surface area (TPSA) is 215 Å². The highest BCUT2D eigenvalue weighted by Crippen LogP contribution is 2.29. The summed E-state index contributed by atoms with van der Waals surface area (Å²) in [7, 11) is 1.63. The Morgan fingerprint density at radius 3 is 2.11 bits per heavy atom. The molecule has 0 spiro atoms. The van der Waals surface area contributed by atoms with Crippen LogP contribution in [0.15, 0.2) is 129 Å². The molecule has 1 unspecified atom stereocenters. The van der Waals surface area contributed by atoms with Gasteiger partial charge < -0.3 is 28.9 Å². The number of hydrogen-bond donors (Lipinski definition) is 6. The molecule has 4 aromatic heterocycles. The zero-order chi connectivity index (χ0) is 52.7. The zero-order valence-electron chi connectivity index (χ0n) is 39.8. The van der Waals surface area contributed by atoms with Gasteiger partial charge in [0.25, 0.3) is 10.7 Å². The van der Waals surface area contributed by atoms with Gasteiger partial charge in [-0.1, -0.05) is 108 Å². The zero-order valence-corrected chi connectivity index (χ0v) is 47.2. The summed E-state index contributed by atoms with van der Waals surface area (Å²) in [6.07, 6.45) is 4.35. The number of methoxy groups -OCH3 is 1. The summed E-state index contributed by atoms with van der Waals surface area (Å²) in [5.41, 5.74) is 5.31. The summed E-state index contributed by atoms with van der Waals surface area (Å²) < 4.78 is 25.9. The minimum atomic E-state index is -0.657. The number of aromatic amines is 4. The third-order valence-electron chi connectivity index (χ3n) is 7.65. The monoisotopic (exact) mass is 1150 g/mol. The van der Waals surface area contributed by atoms with Gasteiger partial charge in [0.15, 0.2) is 32.0 Å². The van der Waals surface area contributed by atoms with E-state index in [1.54, 1.807) is 51.0 Å². The van der Waals surface area contributed by atoms with Crippen molar-refractivity contribution in [1.82, 2.24) is 46.2 Å². The number of hydrogen-bond acceptors (Lipinski definition) is 21. The van der Waals surface area contributed by atoms with Crippen LogP contribution in [0.4, 0.5) is 10.5 Å². The molecule has 0 bridgehead atoms. The molecule has 0 aliphatic rings. The Bertz CT molecular complexity index is 3030. The van der Waals surface area contributed by atoms with E-state index in [1.165, 1.54) is 40.0 Å². The van der Waals surface area contributed by atoms with Crippen LogP contribution in [0.3, 0.4) is 0 Å². The average molecular weight is 1150 g/mol. The minimum Gasteiger partial charge on any atom is -0.493 e. The van der Waals surface area contributed by atoms with Crippen LogP contribution in [-0.4, -0.2) is 86.3 Å². The standard InChI is InChI=1S/C17H16N2O2S2.C8H13N3O3S.C8H11N3O2S3.C8H8.C5H6N2S3/c1-3-21-14-7-4-11(8-15(14)20-2)10-18-12-5-6-13-16(9-12)23-17(22)19-13;1-4-12-14-6(9-5(2)3)7-10-11-8(15)13-7;1-5(2)9-6(12)13-3-4-15-8-11-10-7(14)16-8;1-2-8-6-4-3-5-7-8;1-2-3-9-5-7-6-4(8)10-5/h4-10H,3H2,1-2H3,(H,19,22);6,9H,2,4H2,1,3H3,(H,11,15);1,3-4H2,2H3,(H,9,12)(H,10,14);2-7H,1H2;2H,1,3H2,(H,6,8). The van der Waals surface area contributed by atoms with E-state index in [0.29, 0.717) is 46.7 Å². The van der Waals surface area contributed by atoms with E-state index in [0.717, 1.165) is 49.6 Å². The summed E-state index contributed by atoms with van der Waals surface area (Å²) in [5, 5.41) is 24.9. The number of allylic oxidation sites excluding steroid dienone is 2. The molecule has 1 amide bonds. The van der Waals surface area contributed by atoms with Crippen LogP contribution in [0.5, 0.6) is 11.5 Å². The number of thiazole rings is 1. The van der Waals surface area contributed by atoms with Crippen molar-refractivity contribution in [2.45, 2.75) is 42.6 Å². The first kappa shape index (κ1) is 60.9. The second-order valence-corrected chi connectivity index (χ2v) is 21.4. The molecule has 17 nitrogen and oxygen atoms in total. The molecule has 0 saturated heterocycles. The summed E-state index contributed by atoms with van der Waals surface area (Å²) in [6, 6.07) is 21.8. The molecule has 0 aliphatic carbocycles. The van der Waals surface area contributed by atoms with Gasteiger partial charge >= 0.3 is 6.09 Å². The number of nitrogens with zero attached hydrogens (tertiary/aromatic N) is 4. The number of thioether (sulfide) groups is 2.